The third-order valence-corrected chi connectivity index (χ3v) is 9.45. The molecule has 1 unspecified atom stereocenters. The third kappa shape index (κ3) is 2.47. The Balaban J connectivity index is 1.67. The lowest BCUT2D eigenvalue weighted by Crippen LogP contribution is -2.60. The summed E-state index contributed by atoms with van der Waals surface area (Å²) in [4.78, 5) is 11.6. The molecule has 0 amide bonds. The van der Waals surface area contributed by atoms with E-state index in [2.05, 4.69) is 19.8 Å². The number of aliphatic hydroxyl groups excluding tert-OH is 2. The molecule has 5 heteroatoms. The van der Waals surface area contributed by atoms with Gasteiger partial charge in [-0.15, -0.1) is 6.42 Å². The van der Waals surface area contributed by atoms with Crippen molar-refractivity contribution in [1.82, 2.24) is 0 Å². The molecule has 0 aromatic rings. The van der Waals surface area contributed by atoms with Crippen LogP contribution in [-0.4, -0.2) is 45.2 Å². The molecule has 0 bridgehead atoms. The minimum Gasteiger partial charge on any atom is -0.458 e. The first-order valence-corrected chi connectivity index (χ1v) is 10.8. The fourth-order valence-electron chi connectivity index (χ4n) is 7.90. The molecule has 0 radical (unpaired) electrons. The number of aliphatic hydroxyl groups is 3. The van der Waals surface area contributed by atoms with E-state index < -0.39 is 35.3 Å². The second kappa shape index (κ2) is 6.45. The van der Waals surface area contributed by atoms with Crippen LogP contribution in [0.2, 0.25) is 0 Å². The maximum Gasteiger partial charge on any atom is 0.303 e. The quantitative estimate of drug-likeness (QED) is 0.472. The largest absolute Gasteiger partial charge is 0.458 e. The number of carbonyl (C=O) groups is 1. The molecular formula is C23H34O5. The Hall–Kier alpha value is -1.09. The Morgan fingerprint density at radius 3 is 2.43 bits per heavy atom. The Kier molecular flexibility index (Phi) is 4.65. The summed E-state index contributed by atoms with van der Waals surface area (Å²) in [6, 6.07) is 0. The van der Waals surface area contributed by atoms with Crippen molar-refractivity contribution in [2.75, 3.05) is 0 Å². The Morgan fingerprint density at radius 1 is 1.07 bits per heavy atom. The van der Waals surface area contributed by atoms with Crippen molar-refractivity contribution in [3.05, 3.63) is 0 Å². The second-order valence-electron chi connectivity index (χ2n) is 10.4. The smallest absolute Gasteiger partial charge is 0.303 e. The van der Waals surface area contributed by atoms with Crippen LogP contribution in [0.3, 0.4) is 0 Å². The van der Waals surface area contributed by atoms with Crippen molar-refractivity contribution in [2.24, 2.45) is 34.5 Å². The van der Waals surface area contributed by atoms with Gasteiger partial charge in [0.05, 0.1) is 12.2 Å². The summed E-state index contributed by atoms with van der Waals surface area (Å²) in [5.41, 5.74) is -1.91. The van der Waals surface area contributed by atoms with Crippen LogP contribution in [0.4, 0.5) is 0 Å². The molecule has 4 fully saturated rings. The number of rotatable bonds is 1. The highest BCUT2D eigenvalue weighted by Crippen LogP contribution is 2.68. The number of fused-ring (bicyclic) bond motifs is 5. The molecule has 0 spiro atoms. The normalized spacial score (nSPS) is 55.4. The summed E-state index contributed by atoms with van der Waals surface area (Å²) in [6.45, 7) is 5.73. The van der Waals surface area contributed by atoms with Crippen LogP contribution >= 0.6 is 0 Å². The van der Waals surface area contributed by atoms with Gasteiger partial charge in [0.1, 0.15) is 6.10 Å². The van der Waals surface area contributed by atoms with E-state index in [1.807, 2.05) is 0 Å². The van der Waals surface area contributed by atoms with Gasteiger partial charge in [0.25, 0.3) is 0 Å². The summed E-state index contributed by atoms with van der Waals surface area (Å²) < 4.78 is 5.51. The Bertz CT molecular complexity index is 700. The molecule has 156 valence electrons. The molecule has 0 aromatic heterocycles. The predicted octanol–water partition coefficient (Wildman–Crippen LogP) is 2.27. The van der Waals surface area contributed by atoms with E-state index in [0.29, 0.717) is 24.7 Å². The molecule has 5 nitrogen and oxygen atoms in total. The summed E-state index contributed by atoms with van der Waals surface area (Å²) in [5.74, 6) is 3.35. The van der Waals surface area contributed by atoms with Crippen molar-refractivity contribution in [3.8, 4) is 12.3 Å². The Labute approximate surface area is 167 Å². The first kappa shape index (κ1) is 20.2. The molecule has 4 rings (SSSR count). The maximum atomic E-state index is 11.6. The van der Waals surface area contributed by atoms with Gasteiger partial charge in [-0.2, -0.15) is 0 Å². The molecule has 10 atom stereocenters. The van der Waals surface area contributed by atoms with E-state index in [1.165, 1.54) is 6.92 Å². The van der Waals surface area contributed by atoms with Gasteiger partial charge < -0.3 is 20.1 Å². The fraction of sp³-hybridized carbons (Fsp3) is 0.870. The fourth-order valence-corrected chi connectivity index (χ4v) is 7.90. The first-order chi connectivity index (χ1) is 13.1. The zero-order chi connectivity index (χ0) is 20.5. The highest BCUT2D eigenvalue weighted by molar-refractivity contribution is 5.66. The van der Waals surface area contributed by atoms with Crippen LogP contribution in [0, 0.1) is 46.8 Å². The van der Waals surface area contributed by atoms with Crippen molar-refractivity contribution < 1.29 is 24.9 Å². The third-order valence-electron chi connectivity index (χ3n) is 9.45. The van der Waals surface area contributed by atoms with Crippen LogP contribution in [0.1, 0.15) is 65.7 Å². The molecule has 0 saturated heterocycles. The lowest BCUT2D eigenvalue weighted by molar-refractivity contribution is -0.185. The van der Waals surface area contributed by atoms with Gasteiger partial charge in [-0.25, -0.2) is 0 Å². The van der Waals surface area contributed by atoms with E-state index in [4.69, 9.17) is 11.2 Å². The van der Waals surface area contributed by atoms with E-state index in [1.54, 1.807) is 0 Å². The summed E-state index contributed by atoms with van der Waals surface area (Å²) in [5, 5.41) is 32.3. The minimum atomic E-state index is -1.44. The zero-order valence-electron chi connectivity index (χ0n) is 17.2. The van der Waals surface area contributed by atoms with Crippen LogP contribution < -0.4 is 0 Å². The van der Waals surface area contributed by atoms with E-state index in [9.17, 15) is 20.1 Å². The lowest BCUT2D eigenvalue weighted by Gasteiger charge is -2.61. The second-order valence-corrected chi connectivity index (χ2v) is 10.4. The van der Waals surface area contributed by atoms with Gasteiger partial charge in [0.15, 0.2) is 5.60 Å². The van der Waals surface area contributed by atoms with Crippen LogP contribution in [0.25, 0.3) is 0 Å². The molecule has 0 heterocycles. The monoisotopic (exact) mass is 390 g/mol. The number of hydrogen-bond donors (Lipinski definition) is 3. The predicted molar refractivity (Wildman–Crippen MR) is 104 cm³/mol. The molecular weight excluding hydrogens is 356 g/mol. The average molecular weight is 391 g/mol. The van der Waals surface area contributed by atoms with Crippen molar-refractivity contribution in [1.29, 1.82) is 0 Å². The number of carbonyl (C=O) groups excluding carboxylic acids is 1. The van der Waals surface area contributed by atoms with E-state index in [-0.39, 0.29) is 17.3 Å². The number of hydrogen-bond acceptors (Lipinski definition) is 5. The molecule has 4 saturated carbocycles. The molecule has 0 aliphatic heterocycles. The molecule has 4 aliphatic carbocycles. The van der Waals surface area contributed by atoms with Gasteiger partial charge in [-0.1, -0.05) is 19.8 Å². The van der Waals surface area contributed by atoms with Crippen LogP contribution in [-0.2, 0) is 9.53 Å². The van der Waals surface area contributed by atoms with Crippen molar-refractivity contribution in [3.63, 3.8) is 0 Å². The molecule has 0 aromatic carbocycles. The average Bonchev–Trinajstić information content (AvgIpc) is 2.86. The highest BCUT2D eigenvalue weighted by atomic mass is 16.6. The van der Waals surface area contributed by atoms with Gasteiger partial charge in [0.2, 0.25) is 0 Å². The van der Waals surface area contributed by atoms with Crippen molar-refractivity contribution >= 4 is 5.97 Å². The topological polar surface area (TPSA) is 87.0 Å². The summed E-state index contributed by atoms with van der Waals surface area (Å²) in [6.07, 6.45) is 9.64. The van der Waals surface area contributed by atoms with Gasteiger partial charge >= 0.3 is 5.97 Å². The lowest BCUT2D eigenvalue weighted by atomic mass is 9.44. The summed E-state index contributed by atoms with van der Waals surface area (Å²) >= 11 is 0. The van der Waals surface area contributed by atoms with Crippen molar-refractivity contribution in [2.45, 2.75) is 89.6 Å². The number of ether oxygens (including phenoxy) is 1. The standard InChI is InChI=1S/C23H34O5/c1-5-23(27)19(28-13(2)24)12-17-14-6-7-16-20(26)18(25)9-10-21(16,3)15(14)8-11-22(17,23)4/h1,14-20,25-27H,6-12H2,2-4H3/t14-,15+,16?,17+,18-,19-,20-,21-,22+,23+/m1/s1. The number of esters is 1. The van der Waals surface area contributed by atoms with Gasteiger partial charge in [0, 0.05) is 12.3 Å². The van der Waals surface area contributed by atoms with Crippen LogP contribution in [0.5, 0.6) is 0 Å². The summed E-state index contributed by atoms with van der Waals surface area (Å²) in [7, 11) is 0. The van der Waals surface area contributed by atoms with Gasteiger partial charge in [-0.05, 0) is 74.0 Å². The SMILES string of the molecule is C#C[C@]1(O)[C@H](OC(C)=O)C[C@H]2[C@@H]3CCC4[C@@H](O)[C@H](O)CC[C@]4(C)[C@H]3CC[C@@]21C. The highest BCUT2D eigenvalue weighted by Gasteiger charge is 2.69. The number of terminal acetylenes is 1. The van der Waals surface area contributed by atoms with E-state index >= 15 is 0 Å². The minimum absolute atomic E-state index is 0.00330. The zero-order valence-corrected chi connectivity index (χ0v) is 17.2. The maximum absolute atomic E-state index is 11.6. The Morgan fingerprint density at radius 2 is 1.79 bits per heavy atom. The first-order valence-electron chi connectivity index (χ1n) is 10.8. The van der Waals surface area contributed by atoms with Gasteiger partial charge in [-0.3, -0.25) is 4.79 Å². The molecule has 28 heavy (non-hydrogen) atoms. The molecule has 4 aliphatic rings. The molecule has 3 N–H and O–H groups in total. The van der Waals surface area contributed by atoms with E-state index in [0.717, 1.165) is 32.1 Å². The van der Waals surface area contributed by atoms with Crippen LogP contribution in [0.15, 0.2) is 0 Å².